The second-order valence-electron chi connectivity index (χ2n) is 27.5. The third-order valence-corrected chi connectivity index (χ3v) is 18.5. The van der Waals surface area contributed by atoms with E-state index in [-0.39, 0.29) is 29.7 Å². The van der Waals surface area contributed by atoms with Crippen LogP contribution in [0.3, 0.4) is 0 Å². The molecule has 12 aromatic rings. The predicted molar refractivity (Wildman–Crippen MR) is 388 cm³/mol. The molecule has 0 bridgehead atoms. The quantitative estimate of drug-likeness (QED) is 0.159. The van der Waals surface area contributed by atoms with Crippen LogP contribution < -0.4 is 52.4 Å². The van der Waals surface area contributed by atoms with Crippen molar-refractivity contribution in [3.05, 3.63) is 278 Å². The maximum atomic E-state index is 2.52. The topological polar surface area (TPSA) is 13.0 Å². The first kappa shape index (κ1) is 57.2. The highest BCUT2D eigenvalue weighted by Crippen LogP contribution is 2.48. The number of benzene rings is 12. The molecule has 89 heavy (non-hydrogen) atoms. The summed E-state index contributed by atoms with van der Waals surface area (Å²) in [4.78, 5) is 10.0. The van der Waals surface area contributed by atoms with Crippen molar-refractivity contribution in [3.8, 4) is 0 Å². The van der Waals surface area contributed by atoms with Crippen molar-refractivity contribution in [3.63, 3.8) is 0 Å². The lowest BCUT2D eigenvalue weighted by Crippen LogP contribution is -2.62. The smallest absolute Gasteiger partial charge is 0.252 e. The molecule has 0 N–H and O–H groups in total. The lowest BCUT2D eigenvalue weighted by atomic mass is 9.32. The Hall–Kier alpha value is -9.51. The van der Waals surface area contributed by atoms with Gasteiger partial charge >= 0.3 is 0 Å². The van der Waals surface area contributed by atoms with Gasteiger partial charge in [-0.1, -0.05) is 252 Å². The van der Waals surface area contributed by atoms with E-state index < -0.39 is 0 Å². The van der Waals surface area contributed by atoms with Crippen LogP contribution in [0.1, 0.15) is 92.9 Å². The lowest BCUT2D eigenvalue weighted by Gasteiger charge is -2.45. The van der Waals surface area contributed by atoms with Crippen LogP contribution in [-0.4, -0.2) is 13.4 Å². The van der Waals surface area contributed by atoms with Crippen LogP contribution in [0.15, 0.2) is 261 Å². The van der Waals surface area contributed by atoms with Gasteiger partial charge in [-0.15, -0.1) is 0 Å². The number of nitrogens with zero attached hydrogens (tertiary/aromatic N) is 4. The van der Waals surface area contributed by atoms with Gasteiger partial charge in [-0.2, -0.15) is 0 Å². The Morgan fingerprint density at radius 1 is 0.281 bits per heavy atom. The molecule has 4 nitrogen and oxygen atoms in total. The zero-order valence-electron chi connectivity index (χ0n) is 53.5. The predicted octanol–water partition coefficient (Wildman–Crippen LogP) is 19.1. The number of anilines is 12. The molecule has 4 heterocycles. The summed E-state index contributed by atoms with van der Waals surface area (Å²) in [6.45, 7) is 25.2. The molecule has 12 aromatic carbocycles. The number of rotatable bonds is 5. The zero-order valence-corrected chi connectivity index (χ0v) is 53.5. The molecular weight excluding hydrogens is 1070 g/mol. The Labute approximate surface area is 528 Å². The number of fused-ring (bicyclic) bond motifs is 10. The largest absolute Gasteiger partial charge is 0.311 e. The van der Waals surface area contributed by atoms with Crippen molar-refractivity contribution in [2.24, 2.45) is 5.41 Å². The Balaban J connectivity index is 0.000000152. The molecule has 0 aromatic heterocycles. The molecule has 0 radical (unpaired) electrons. The van der Waals surface area contributed by atoms with Crippen molar-refractivity contribution >= 4 is 136 Å². The molecule has 0 saturated heterocycles. The first-order valence-corrected chi connectivity index (χ1v) is 32.1. The van der Waals surface area contributed by atoms with Crippen molar-refractivity contribution in [2.45, 2.75) is 93.4 Å². The molecule has 0 unspecified atom stereocenters. The zero-order chi connectivity index (χ0) is 61.5. The van der Waals surface area contributed by atoms with E-state index in [4.69, 9.17) is 0 Å². The van der Waals surface area contributed by atoms with Crippen molar-refractivity contribution < 1.29 is 0 Å². The minimum absolute atomic E-state index is 0.0331. The monoisotopic (exact) mass is 1150 g/mol. The fourth-order valence-corrected chi connectivity index (χ4v) is 14.6. The second-order valence-corrected chi connectivity index (χ2v) is 27.5. The average molecular weight is 1150 g/mol. The highest BCUT2D eigenvalue weighted by molar-refractivity contribution is 7.01. The molecule has 16 rings (SSSR count). The van der Waals surface area contributed by atoms with Gasteiger partial charge < -0.3 is 19.6 Å². The van der Waals surface area contributed by atoms with Gasteiger partial charge in [0.25, 0.3) is 13.4 Å². The number of para-hydroxylation sites is 3. The van der Waals surface area contributed by atoms with Crippen LogP contribution in [0.5, 0.6) is 0 Å². The van der Waals surface area contributed by atoms with E-state index in [1.54, 1.807) is 0 Å². The Morgan fingerprint density at radius 3 is 1.16 bits per heavy atom. The summed E-state index contributed by atoms with van der Waals surface area (Å²) in [5.41, 5.74) is 27.5. The summed E-state index contributed by atoms with van der Waals surface area (Å²) in [5, 5.41) is 5.02. The normalized spacial score (nSPS) is 13.5. The highest BCUT2D eigenvalue weighted by Gasteiger charge is 2.46. The molecule has 0 saturated carbocycles. The van der Waals surface area contributed by atoms with E-state index in [2.05, 4.69) is 343 Å². The first-order chi connectivity index (χ1) is 43.1. The fourth-order valence-electron chi connectivity index (χ4n) is 14.6. The van der Waals surface area contributed by atoms with E-state index >= 15 is 0 Å². The van der Waals surface area contributed by atoms with Crippen LogP contribution in [0, 0.1) is 5.41 Å². The van der Waals surface area contributed by atoms with Crippen LogP contribution in [0.4, 0.5) is 68.2 Å². The summed E-state index contributed by atoms with van der Waals surface area (Å²) in [6, 6.07) is 96.9. The van der Waals surface area contributed by atoms with Crippen LogP contribution >= 0.6 is 0 Å². The van der Waals surface area contributed by atoms with E-state index in [0.29, 0.717) is 0 Å². The summed E-state index contributed by atoms with van der Waals surface area (Å²) < 4.78 is 0. The van der Waals surface area contributed by atoms with Gasteiger partial charge in [0, 0.05) is 67.9 Å². The molecule has 0 spiro atoms. The first-order valence-electron chi connectivity index (χ1n) is 32.1. The van der Waals surface area contributed by atoms with Gasteiger partial charge in [0.05, 0.1) is 5.69 Å². The Morgan fingerprint density at radius 2 is 0.652 bits per heavy atom. The molecule has 4 aliphatic rings. The molecular formula is C83H78B2N4. The van der Waals surface area contributed by atoms with Gasteiger partial charge in [-0.3, -0.25) is 0 Å². The summed E-state index contributed by atoms with van der Waals surface area (Å²) in [5.74, 6) is 0. The molecule has 0 amide bonds. The molecule has 0 aliphatic carbocycles. The molecule has 436 valence electrons. The van der Waals surface area contributed by atoms with Crippen molar-refractivity contribution in [2.75, 3.05) is 19.6 Å². The van der Waals surface area contributed by atoms with Crippen molar-refractivity contribution in [1.29, 1.82) is 0 Å². The Kier molecular flexibility index (Phi) is 14.3. The minimum Gasteiger partial charge on any atom is -0.311 e. The van der Waals surface area contributed by atoms with E-state index in [1.807, 2.05) is 13.8 Å². The lowest BCUT2D eigenvalue weighted by molar-refractivity contribution is 0.412. The maximum Gasteiger partial charge on any atom is 0.252 e. The standard InChI is InChI=1S/C42H33BN2.C39H39BN2.C2H6/c1-42(2,3)31-23-24-34-40(27-31)44(32-17-5-4-6-18-32)37-21-12-22-38-41(37)43(34)35-25-29-14-7-8-15-30(29)26-39(35)45(38)36-20-11-16-28-13-9-10-19-33(28)36;1-38(2,3)26-27-15-13-20-32-36(27)40-31-24-23-28(39(4,5)6)25-35(31)42(30-18-11-8-12-19-30)34-22-14-21-33(37(34)40)41(32)29-16-9-7-10-17-29;1-2/h4-27H,1-3H3;7-25H,26H2,1-6H3;1-2H3. The van der Waals surface area contributed by atoms with Crippen molar-refractivity contribution in [1.82, 2.24) is 0 Å². The maximum absolute atomic E-state index is 2.52. The van der Waals surface area contributed by atoms with Gasteiger partial charge in [-0.25, -0.2) is 0 Å². The summed E-state index contributed by atoms with van der Waals surface area (Å²) >= 11 is 0. The molecule has 0 atom stereocenters. The highest BCUT2D eigenvalue weighted by atomic mass is 15.2. The minimum atomic E-state index is 0.0331. The third kappa shape index (κ3) is 9.89. The molecule has 6 heteroatoms. The number of hydrogen-bond donors (Lipinski definition) is 0. The van der Waals surface area contributed by atoms with Gasteiger partial charge in [-0.05, 0) is 174 Å². The second kappa shape index (κ2) is 22.3. The van der Waals surface area contributed by atoms with Gasteiger partial charge in [0.2, 0.25) is 0 Å². The van der Waals surface area contributed by atoms with E-state index in [1.165, 1.54) is 139 Å². The van der Waals surface area contributed by atoms with Crippen LogP contribution in [-0.2, 0) is 17.3 Å². The average Bonchev–Trinajstić information content (AvgIpc) is 0.713. The molecule has 4 aliphatic heterocycles. The number of hydrogen-bond acceptors (Lipinski definition) is 4. The SMILES string of the molecule is CC.CC(C)(C)Cc1cccc2c1B1c3ccc(C(C)(C)C)cc3N(c3ccccc3)c3cccc(c31)N2c1ccccc1.CC(C)(C)c1ccc2c(c1)N(c1ccccc1)c1cccc3c1B2c1cc2ccccc2cc1N3c1cccc2ccccc12. The van der Waals surface area contributed by atoms with Crippen LogP contribution in [0.25, 0.3) is 21.5 Å². The summed E-state index contributed by atoms with van der Waals surface area (Å²) in [7, 11) is 0. The summed E-state index contributed by atoms with van der Waals surface area (Å²) in [6.07, 6.45) is 1.02. The Bertz CT molecular complexity index is 4650. The van der Waals surface area contributed by atoms with E-state index in [9.17, 15) is 0 Å². The van der Waals surface area contributed by atoms with Gasteiger partial charge in [0.1, 0.15) is 0 Å². The third-order valence-electron chi connectivity index (χ3n) is 18.5. The molecule has 0 fully saturated rings. The van der Waals surface area contributed by atoms with E-state index in [0.717, 1.165) is 6.42 Å². The van der Waals surface area contributed by atoms with Gasteiger partial charge in [0.15, 0.2) is 0 Å². The van der Waals surface area contributed by atoms with Crippen LogP contribution in [0.2, 0.25) is 0 Å². The fraction of sp³-hybridized carbons (Fsp3) is 0.181.